The van der Waals surface area contributed by atoms with Crippen molar-refractivity contribution in [3.8, 4) is 11.8 Å². The Balaban J connectivity index is 1.96. The number of aromatic nitrogens is 4. The molecule has 29 heavy (non-hydrogen) atoms. The number of ether oxygens (including phenoxy) is 1. The van der Waals surface area contributed by atoms with Gasteiger partial charge in [-0.05, 0) is 33.1 Å². The second-order valence-electron chi connectivity index (χ2n) is 6.93. The lowest BCUT2D eigenvalue weighted by atomic mass is 10.1. The van der Waals surface area contributed by atoms with Crippen molar-refractivity contribution in [2.24, 2.45) is 7.05 Å². The molecule has 0 amide bonds. The first kappa shape index (κ1) is 20.7. The summed E-state index contributed by atoms with van der Waals surface area (Å²) in [4.78, 5) is 36.1. The number of nitrogens with one attached hydrogen (secondary N) is 1. The maximum atomic E-state index is 13.1. The molecule has 2 aromatic rings. The smallest absolute Gasteiger partial charge is 0.307 e. The van der Waals surface area contributed by atoms with Crippen LogP contribution in [0.15, 0.2) is 4.79 Å². The minimum atomic E-state index is -0.291. The molecule has 3 rings (SSSR count). The average Bonchev–Trinajstić information content (AvgIpc) is 3.09. The molecule has 1 N–H and O–H groups in total. The van der Waals surface area contributed by atoms with Crippen LogP contribution in [-0.4, -0.2) is 51.3 Å². The second kappa shape index (κ2) is 9.45. The first-order chi connectivity index (χ1) is 14.1. The Morgan fingerprint density at radius 3 is 2.69 bits per heavy atom. The molecule has 1 fully saturated rings. The topological polar surface area (TPSA) is 94.3 Å². The Bertz CT molecular complexity index is 992. The standard InChI is InChI=1S/C20H28N6O3/c1-4-6-14-26-16-17(23-20(26)25-12-8-7-9-13-25)22-19(24(3)18(16)28)21-11-10-15(27)29-5-2/h5,7-14H2,1-3H3,(H,21,22). The van der Waals surface area contributed by atoms with Gasteiger partial charge < -0.3 is 15.0 Å². The number of imidazole rings is 1. The van der Waals surface area contributed by atoms with E-state index in [1.54, 1.807) is 20.9 Å². The maximum Gasteiger partial charge on any atom is 0.307 e. The number of carbonyl (C=O) groups excluding carboxylic acids is 1. The van der Waals surface area contributed by atoms with Gasteiger partial charge in [-0.1, -0.05) is 5.92 Å². The van der Waals surface area contributed by atoms with Crippen molar-refractivity contribution in [3.05, 3.63) is 10.4 Å². The molecule has 9 nitrogen and oxygen atoms in total. The predicted octanol–water partition coefficient (Wildman–Crippen LogP) is 1.51. The monoisotopic (exact) mass is 400 g/mol. The molecular weight excluding hydrogens is 372 g/mol. The molecule has 156 valence electrons. The van der Waals surface area contributed by atoms with Crippen molar-refractivity contribution >= 4 is 29.0 Å². The first-order valence-corrected chi connectivity index (χ1v) is 10.1. The molecule has 0 bridgehead atoms. The third kappa shape index (κ3) is 4.53. The highest BCUT2D eigenvalue weighted by Crippen LogP contribution is 2.23. The number of fused-ring (bicyclic) bond motifs is 1. The van der Waals surface area contributed by atoms with Crippen LogP contribution in [0.1, 0.15) is 39.5 Å². The van der Waals surface area contributed by atoms with Gasteiger partial charge in [-0.3, -0.25) is 18.7 Å². The summed E-state index contributed by atoms with van der Waals surface area (Å²) in [6.07, 6.45) is 3.62. The van der Waals surface area contributed by atoms with Gasteiger partial charge in [-0.2, -0.15) is 9.97 Å². The summed E-state index contributed by atoms with van der Waals surface area (Å²) in [6, 6.07) is 0. The van der Waals surface area contributed by atoms with E-state index in [0.717, 1.165) is 31.9 Å². The number of rotatable bonds is 7. The normalized spacial score (nSPS) is 13.8. The van der Waals surface area contributed by atoms with Crippen molar-refractivity contribution in [1.29, 1.82) is 0 Å². The number of hydrogen-bond donors (Lipinski definition) is 1. The molecule has 1 aliphatic rings. The van der Waals surface area contributed by atoms with E-state index >= 15 is 0 Å². The van der Waals surface area contributed by atoms with Gasteiger partial charge in [-0.25, -0.2) is 0 Å². The summed E-state index contributed by atoms with van der Waals surface area (Å²) < 4.78 is 8.25. The molecule has 0 aromatic carbocycles. The fourth-order valence-corrected chi connectivity index (χ4v) is 3.46. The molecule has 2 aromatic heterocycles. The minimum absolute atomic E-state index is 0.192. The molecule has 3 heterocycles. The van der Waals surface area contributed by atoms with Crippen molar-refractivity contribution in [3.63, 3.8) is 0 Å². The largest absolute Gasteiger partial charge is 0.466 e. The Morgan fingerprint density at radius 1 is 1.24 bits per heavy atom. The number of nitrogens with zero attached hydrogens (tertiary/aromatic N) is 5. The first-order valence-electron chi connectivity index (χ1n) is 10.1. The van der Waals surface area contributed by atoms with E-state index in [2.05, 4.69) is 32.0 Å². The number of esters is 1. The molecular formula is C20H28N6O3. The highest BCUT2D eigenvalue weighted by atomic mass is 16.5. The molecule has 1 saturated heterocycles. The second-order valence-corrected chi connectivity index (χ2v) is 6.93. The molecule has 9 heteroatoms. The number of carbonyl (C=O) groups is 1. The van der Waals surface area contributed by atoms with Crippen molar-refractivity contribution in [1.82, 2.24) is 19.1 Å². The van der Waals surface area contributed by atoms with Crippen LogP contribution >= 0.6 is 0 Å². The Hall–Kier alpha value is -3.02. The van der Waals surface area contributed by atoms with E-state index in [1.807, 2.05) is 4.57 Å². The van der Waals surface area contributed by atoms with Crippen LogP contribution < -0.4 is 15.8 Å². The predicted molar refractivity (Wildman–Crippen MR) is 112 cm³/mol. The van der Waals surface area contributed by atoms with E-state index in [1.165, 1.54) is 11.0 Å². The van der Waals surface area contributed by atoms with Crippen LogP contribution in [0, 0.1) is 11.8 Å². The van der Waals surface area contributed by atoms with Crippen LogP contribution in [0.2, 0.25) is 0 Å². The van der Waals surface area contributed by atoms with E-state index in [-0.39, 0.29) is 17.9 Å². The van der Waals surface area contributed by atoms with Gasteiger partial charge in [0.15, 0.2) is 11.2 Å². The number of anilines is 2. The van der Waals surface area contributed by atoms with Gasteiger partial charge in [0.1, 0.15) is 0 Å². The summed E-state index contributed by atoms with van der Waals surface area (Å²) in [5.41, 5.74) is 0.652. The van der Waals surface area contributed by atoms with E-state index in [0.29, 0.717) is 36.8 Å². The lowest BCUT2D eigenvalue weighted by Gasteiger charge is -2.27. The van der Waals surface area contributed by atoms with Crippen LogP contribution in [-0.2, 0) is 23.1 Å². The summed E-state index contributed by atoms with van der Waals surface area (Å²) in [6.45, 7) is 6.43. The van der Waals surface area contributed by atoms with Gasteiger partial charge in [0.05, 0.1) is 19.6 Å². The molecule has 0 spiro atoms. The van der Waals surface area contributed by atoms with E-state index in [9.17, 15) is 9.59 Å². The molecule has 0 aliphatic carbocycles. The van der Waals surface area contributed by atoms with Crippen LogP contribution in [0.5, 0.6) is 0 Å². The molecule has 0 atom stereocenters. The zero-order chi connectivity index (χ0) is 20.8. The molecule has 0 radical (unpaired) electrons. The van der Waals surface area contributed by atoms with E-state index < -0.39 is 0 Å². The third-order valence-electron chi connectivity index (χ3n) is 4.94. The summed E-state index contributed by atoms with van der Waals surface area (Å²) in [5, 5.41) is 3.05. The zero-order valence-corrected chi connectivity index (χ0v) is 17.3. The van der Waals surface area contributed by atoms with Crippen LogP contribution in [0.4, 0.5) is 11.9 Å². The van der Waals surface area contributed by atoms with E-state index in [4.69, 9.17) is 4.74 Å². The quantitative estimate of drug-likeness (QED) is 0.556. The van der Waals surface area contributed by atoms with Gasteiger partial charge in [0.25, 0.3) is 5.56 Å². The Labute approximate surface area is 170 Å². The molecule has 0 saturated carbocycles. The lowest BCUT2D eigenvalue weighted by Crippen LogP contribution is -2.32. The number of hydrogen-bond acceptors (Lipinski definition) is 7. The van der Waals surface area contributed by atoms with Crippen molar-refractivity contribution < 1.29 is 9.53 Å². The minimum Gasteiger partial charge on any atom is -0.466 e. The Kier molecular flexibility index (Phi) is 6.75. The van der Waals surface area contributed by atoms with Crippen LogP contribution in [0.3, 0.4) is 0 Å². The van der Waals surface area contributed by atoms with Gasteiger partial charge in [0, 0.05) is 26.7 Å². The Morgan fingerprint density at radius 2 is 2.00 bits per heavy atom. The highest BCUT2D eigenvalue weighted by molar-refractivity contribution is 5.76. The van der Waals surface area contributed by atoms with Crippen LogP contribution in [0.25, 0.3) is 11.2 Å². The third-order valence-corrected chi connectivity index (χ3v) is 4.94. The molecule has 1 aliphatic heterocycles. The summed E-state index contributed by atoms with van der Waals surface area (Å²) >= 11 is 0. The SMILES string of the molecule is CC#CCn1c(N2CCCCC2)nc2nc(NCCC(=O)OCC)n(C)c(=O)c21. The van der Waals surface area contributed by atoms with Gasteiger partial charge in [-0.15, -0.1) is 5.92 Å². The summed E-state index contributed by atoms with van der Waals surface area (Å²) in [7, 11) is 1.66. The van der Waals surface area contributed by atoms with Gasteiger partial charge >= 0.3 is 5.97 Å². The van der Waals surface area contributed by atoms with Crippen molar-refractivity contribution in [2.75, 3.05) is 36.5 Å². The molecule has 0 unspecified atom stereocenters. The number of piperidine rings is 1. The van der Waals surface area contributed by atoms with Crippen molar-refractivity contribution in [2.45, 2.75) is 46.1 Å². The summed E-state index contributed by atoms with van der Waals surface area (Å²) in [5.74, 6) is 6.77. The average molecular weight is 400 g/mol. The fourth-order valence-electron chi connectivity index (χ4n) is 3.46. The van der Waals surface area contributed by atoms with Gasteiger partial charge in [0.2, 0.25) is 11.9 Å². The lowest BCUT2D eigenvalue weighted by molar-refractivity contribution is -0.142. The fraction of sp³-hybridized carbons (Fsp3) is 0.600. The highest BCUT2D eigenvalue weighted by Gasteiger charge is 2.23. The zero-order valence-electron chi connectivity index (χ0n) is 17.3. The maximum absolute atomic E-state index is 13.1.